The molecule has 0 amide bonds. The van der Waals surface area contributed by atoms with Gasteiger partial charge in [-0.1, -0.05) is 37.1 Å². The number of ether oxygens (including phenoxy) is 1. The van der Waals surface area contributed by atoms with Gasteiger partial charge in [-0.15, -0.1) is 0 Å². The SMILES string of the molecule is CCCc1c(O)c(C(C)=O)cc(Cl)c1OCCCS(=O)(=O)c1ccc(C(=O)CCC(=O)O)cc1. The first-order valence-corrected chi connectivity index (χ1v) is 12.8. The molecule has 0 aliphatic rings. The first kappa shape index (κ1) is 27.3. The summed E-state index contributed by atoms with van der Waals surface area (Å²) in [6.45, 7) is 3.24. The second-order valence-electron chi connectivity index (χ2n) is 7.73. The second-order valence-corrected chi connectivity index (χ2v) is 10.2. The molecule has 0 spiro atoms. The van der Waals surface area contributed by atoms with Gasteiger partial charge in [-0.25, -0.2) is 8.42 Å². The molecule has 2 N–H and O–H groups in total. The summed E-state index contributed by atoms with van der Waals surface area (Å²) in [6.07, 6.45) is 0.782. The number of rotatable bonds is 13. The highest BCUT2D eigenvalue weighted by atomic mass is 35.5. The molecular formula is C24H27ClO8S. The summed E-state index contributed by atoms with van der Waals surface area (Å²) in [6, 6.07) is 6.70. The van der Waals surface area contributed by atoms with Crippen LogP contribution in [0.25, 0.3) is 0 Å². The van der Waals surface area contributed by atoms with E-state index in [0.29, 0.717) is 18.4 Å². The number of carboxylic acids is 1. The van der Waals surface area contributed by atoms with Gasteiger partial charge >= 0.3 is 5.97 Å². The zero-order valence-electron chi connectivity index (χ0n) is 19.0. The second kappa shape index (κ2) is 12.0. The van der Waals surface area contributed by atoms with Crippen LogP contribution in [-0.2, 0) is 21.1 Å². The van der Waals surface area contributed by atoms with Crippen LogP contribution in [0.4, 0.5) is 0 Å². The number of phenols is 1. The third-order valence-corrected chi connectivity index (χ3v) is 7.18. The summed E-state index contributed by atoms with van der Waals surface area (Å²) in [7, 11) is -3.65. The molecule has 2 aromatic rings. The first-order chi connectivity index (χ1) is 16.0. The number of carboxylic acid groups (broad SMARTS) is 1. The van der Waals surface area contributed by atoms with Crippen LogP contribution < -0.4 is 4.74 Å². The van der Waals surface area contributed by atoms with Crippen molar-refractivity contribution < 1.29 is 37.8 Å². The molecule has 0 radical (unpaired) electrons. The van der Waals surface area contributed by atoms with Gasteiger partial charge in [0.15, 0.2) is 21.4 Å². The predicted octanol–water partition coefficient (Wildman–Crippen LogP) is 4.49. The Labute approximate surface area is 203 Å². The molecule has 0 saturated carbocycles. The third-order valence-electron chi connectivity index (χ3n) is 5.09. The lowest BCUT2D eigenvalue weighted by atomic mass is 10.0. The molecule has 0 atom stereocenters. The van der Waals surface area contributed by atoms with E-state index in [1.54, 1.807) is 0 Å². The Bertz CT molecular complexity index is 1170. The van der Waals surface area contributed by atoms with Gasteiger partial charge in [0.1, 0.15) is 11.5 Å². The number of Topliss-reactive ketones (excluding diaryl/α,β-unsaturated/α-hetero) is 2. The van der Waals surface area contributed by atoms with Crippen LogP contribution in [0.15, 0.2) is 35.2 Å². The molecule has 0 aliphatic heterocycles. The first-order valence-electron chi connectivity index (χ1n) is 10.7. The van der Waals surface area contributed by atoms with Crippen molar-refractivity contribution in [3.8, 4) is 11.5 Å². The van der Waals surface area contributed by atoms with Gasteiger partial charge in [-0.3, -0.25) is 14.4 Å². The van der Waals surface area contributed by atoms with Crippen LogP contribution in [0.1, 0.15) is 65.8 Å². The van der Waals surface area contributed by atoms with Gasteiger partial charge < -0.3 is 14.9 Å². The predicted molar refractivity (Wildman–Crippen MR) is 127 cm³/mol. The zero-order chi connectivity index (χ0) is 25.5. The molecule has 0 fully saturated rings. The topological polar surface area (TPSA) is 135 Å². The number of sulfone groups is 1. The Balaban J connectivity index is 2.04. The van der Waals surface area contributed by atoms with Crippen LogP contribution in [0.5, 0.6) is 11.5 Å². The fourth-order valence-electron chi connectivity index (χ4n) is 3.34. The highest BCUT2D eigenvalue weighted by Crippen LogP contribution is 2.39. The van der Waals surface area contributed by atoms with Crippen molar-refractivity contribution in [2.45, 2.75) is 50.8 Å². The Morgan fingerprint density at radius 2 is 1.74 bits per heavy atom. The fraction of sp³-hybridized carbons (Fsp3) is 0.375. The van der Waals surface area contributed by atoms with Crippen LogP contribution in [0.3, 0.4) is 0 Å². The molecule has 0 saturated heterocycles. The van der Waals surface area contributed by atoms with Crippen molar-refractivity contribution in [3.63, 3.8) is 0 Å². The molecule has 8 nitrogen and oxygen atoms in total. The van der Waals surface area contributed by atoms with Gasteiger partial charge in [0.2, 0.25) is 0 Å². The van der Waals surface area contributed by atoms with Gasteiger partial charge in [-0.05, 0) is 38.0 Å². The van der Waals surface area contributed by atoms with E-state index in [2.05, 4.69) is 0 Å². The van der Waals surface area contributed by atoms with E-state index in [1.165, 1.54) is 37.3 Å². The Kier molecular flexibility index (Phi) is 9.64. The monoisotopic (exact) mass is 510 g/mol. The van der Waals surface area contributed by atoms with E-state index in [1.807, 2.05) is 6.92 Å². The minimum absolute atomic E-state index is 0.0142. The van der Waals surface area contributed by atoms with Crippen molar-refractivity contribution in [1.82, 2.24) is 0 Å². The third kappa shape index (κ3) is 7.04. The molecule has 0 aliphatic carbocycles. The number of ketones is 2. The van der Waals surface area contributed by atoms with E-state index in [-0.39, 0.29) is 75.7 Å². The standard InChI is InChI=1S/C24H27ClO8S/c1-3-5-18-23(30)19(15(2)26)14-20(25)24(18)33-12-4-13-34(31,32)17-8-6-16(7-9-17)21(27)10-11-22(28)29/h6-9,14,30H,3-5,10-13H2,1-2H3,(H,28,29). The molecule has 34 heavy (non-hydrogen) atoms. The number of carbonyl (C=O) groups is 3. The molecule has 0 aromatic heterocycles. The number of aromatic hydroxyl groups is 1. The number of benzene rings is 2. The van der Waals surface area contributed by atoms with Crippen LogP contribution in [0.2, 0.25) is 5.02 Å². The lowest BCUT2D eigenvalue weighted by molar-refractivity contribution is -0.136. The van der Waals surface area contributed by atoms with Crippen LogP contribution in [0, 0.1) is 0 Å². The quantitative estimate of drug-likeness (QED) is 0.297. The number of halogens is 1. The highest BCUT2D eigenvalue weighted by Gasteiger charge is 2.21. The number of hydrogen-bond donors (Lipinski definition) is 2. The maximum absolute atomic E-state index is 12.6. The Hall–Kier alpha value is -2.91. The summed E-state index contributed by atoms with van der Waals surface area (Å²) in [5, 5.41) is 19.3. The normalized spacial score (nSPS) is 11.3. The fourth-order valence-corrected chi connectivity index (χ4v) is 4.90. The summed E-state index contributed by atoms with van der Waals surface area (Å²) in [5.41, 5.74) is 0.759. The average molecular weight is 511 g/mol. The van der Waals surface area contributed by atoms with E-state index in [0.717, 1.165) is 0 Å². The summed E-state index contributed by atoms with van der Waals surface area (Å²) in [4.78, 5) is 34.3. The summed E-state index contributed by atoms with van der Waals surface area (Å²) in [5.74, 6) is -1.96. The van der Waals surface area contributed by atoms with E-state index < -0.39 is 15.8 Å². The molecule has 0 unspecified atom stereocenters. The maximum Gasteiger partial charge on any atom is 0.303 e. The smallest absolute Gasteiger partial charge is 0.303 e. The van der Waals surface area contributed by atoms with Crippen molar-refractivity contribution in [3.05, 3.63) is 52.0 Å². The van der Waals surface area contributed by atoms with Gasteiger partial charge in [0, 0.05) is 17.5 Å². The lowest BCUT2D eigenvalue weighted by Gasteiger charge is -2.16. The largest absolute Gasteiger partial charge is 0.507 e. The van der Waals surface area contributed by atoms with Crippen LogP contribution >= 0.6 is 11.6 Å². The minimum Gasteiger partial charge on any atom is -0.507 e. The number of hydrogen-bond acceptors (Lipinski definition) is 7. The Morgan fingerprint density at radius 3 is 2.29 bits per heavy atom. The van der Waals surface area contributed by atoms with E-state index >= 15 is 0 Å². The number of aliphatic carboxylic acids is 1. The van der Waals surface area contributed by atoms with Gasteiger partial charge in [0.05, 0.1) is 34.3 Å². The van der Waals surface area contributed by atoms with Gasteiger partial charge in [0.25, 0.3) is 0 Å². The molecule has 0 heterocycles. The molecular weight excluding hydrogens is 484 g/mol. The molecule has 0 bridgehead atoms. The van der Waals surface area contributed by atoms with Crippen molar-refractivity contribution in [1.29, 1.82) is 0 Å². The minimum atomic E-state index is -3.65. The average Bonchev–Trinajstić information content (AvgIpc) is 2.78. The Morgan fingerprint density at radius 1 is 1.09 bits per heavy atom. The highest BCUT2D eigenvalue weighted by molar-refractivity contribution is 7.91. The van der Waals surface area contributed by atoms with E-state index in [4.69, 9.17) is 21.4 Å². The van der Waals surface area contributed by atoms with Crippen LogP contribution in [-0.4, -0.2) is 48.5 Å². The van der Waals surface area contributed by atoms with E-state index in [9.17, 15) is 27.9 Å². The van der Waals surface area contributed by atoms with Crippen molar-refractivity contribution in [2.75, 3.05) is 12.4 Å². The maximum atomic E-state index is 12.6. The molecule has 2 aromatic carbocycles. The summed E-state index contributed by atoms with van der Waals surface area (Å²) >= 11 is 6.26. The molecule has 184 valence electrons. The molecule has 2 rings (SSSR count). The van der Waals surface area contributed by atoms with Crippen molar-refractivity contribution in [2.24, 2.45) is 0 Å². The number of carbonyl (C=O) groups excluding carboxylic acids is 2. The van der Waals surface area contributed by atoms with Crippen molar-refractivity contribution >= 4 is 39.0 Å². The zero-order valence-corrected chi connectivity index (χ0v) is 20.5. The molecule has 10 heteroatoms. The van der Waals surface area contributed by atoms with Gasteiger partial charge in [-0.2, -0.15) is 0 Å². The summed E-state index contributed by atoms with van der Waals surface area (Å²) < 4.78 is 31.0. The number of phenolic OH excluding ortho intramolecular Hbond substituents is 1. The lowest BCUT2D eigenvalue weighted by Crippen LogP contribution is -2.12.